The Morgan fingerprint density at radius 1 is 1.10 bits per heavy atom. The molecule has 0 aliphatic heterocycles. The number of hydrogen-bond acceptors (Lipinski definition) is 2. The van der Waals surface area contributed by atoms with Gasteiger partial charge in [-0.15, -0.1) is 11.6 Å². The molecule has 0 saturated carbocycles. The van der Waals surface area contributed by atoms with E-state index >= 15 is 0 Å². The van der Waals surface area contributed by atoms with Crippen molar-refractivity contribution < 1.29 is 13.9 Å². The minimum atomic E-state index is -0.648. The Morgan fingerprint density at radius 3 is 2.43 bits per heavy atom. The maximum Gasteiger partial charge on any atom is 0.142 e. The molecule has 2 nitrogen and oxygen atoms in total. The van der Waals surface area contributed by atoms with Crippen LogP contribution in [0.1, 0.15) is 16.5 Å². The third-order valence-electron chi connectivity index (χ3n) is 3.04. The SMILES string of the molecule is COc1ccc(C(Cl)c2cccc(F)c2Cl)c(OC)c1Br. The van der Waals surface area contributed by atoms with Gasteiger partial charge in [0, 0.05) is 5.56 Å². The number of rotatable bonds is 4. The fourth-order valence-corrected chi connectivity index (χ4v) is 3.33. The molecule has 0 bridgehead atoms. The van der Waals surface area contributed by atoms with Gasteiger partial charge >= 0.3 is 0 Å². The van der Waals surface area contributed by atoms with Gasteiger partial charge < -0.3 is 9.47 Å². The Kier molecular flexibility index (Phi) is 5.36. The summed E-state index contributed by atoms with van der Waals surface area (Å²) in [4.78, 5) is 0. The topological polar surface area (TPSA) is 18.5 Å². The van der Waals surface area contributed by atoms with Crippen LogP contribution in [0.5, 0.6) is 11.5 Å². The molecule has 0 aliphatic carbocycles. The molecule has 6 heteroatoms. The summed E-state index contributed by atoms with van der Waals surface area (Å²) in [6.07, 6.45) is 0. The lowest BCUT2D eigenvalue weighted by molar-refractivity contribution is 0.386. The Morgan fingerprint density at radius 2 is 1.81 bits per heavy atom. The molecule has 2 rings (SSSR count). The first-order valence-corrected chi connectivity index (χ1v) is 7.60. The number of benzene rings is 2. The number of ether oxygens (including phenoxy) is 2. The van der Waals surface area contributed by atoms with E-state index in [2.05, 4.69) is 15.9 Å². The van der Waals surface area contributed by atoms with Crippen LogP contribution in [0.2, 0.25) is 5.02 Å². The van der Waals surface area contributed by atoms with Gasteiger partial charge in [-0.25, -0.2) is 4.39 Å². The second kappa shape index (κ2) is 6.86. The minimum Gasteiger partial charge on any atom is -0.495 e. The summed E-state index contributed by atoms with van der Waals surface area (Å²) in [5.41, 5.74) is 1.15. The Bertz CT molecular complexity index is 664. The Balaban J connectivity index is 2.56. The first kappa shape index (κ1) is 16.4. The molecule has 2 aromatic rings. The van der Waals surface area contributed by atoms with Crippen molar-refractivity contribution in [2.75, 3.05) is 14.2 Å². The van der Waals surface area contributed by atoms with Crippen molar-refractivity contribution in [3.63, 3.8) is 0 Å². The first-order valence-electron chi connectivity index (χ1n) is 5.99. The van der Waals surface area contributed by atoms with Gasteiger partial charge in [0.25, 0.3) is 0 Å². The van der Waals surface area contributed by atoms with Crippen molar-refractivity contribution in [3.05, 3.63) is 56.8 Å². The molecule has 0 saturated heterocycles. The van der Waals surface area contributed by atoms with Gasteiger partial charge in [0.15, 0.2) is 0 Å². The second-order valence-corrected chi connectivity index (χ2v) is 5.82. The highest BCUT2D eigenvalue weighted by atomic mass is 79.9. The molecule has 0 N–H and O–H groups in total. The van der Waals surface area contributed by atoms with E-state index in [1.165, 1.54) is 13.2 Å². The predicted molar refractivity (Wildman–Crippen MR) is 86.4 cm³/mol. The molecule has 0 radical (unpaired) electrons. The number of halogens is 4. The molecule has 0 aliphatic rings. The Hall–Kier alpha value is -0.970. The largest absolute Gasteiger partial charge is 0.495 e. The van der Waals surface area contributed by atoms with Crippen LogP contribution in [0.15, 0.2) is 34.8 Å². The fourth-order valence-electron chi connectivity index (χ4n) is 2.00. The molecular weight excluding hydrogens is 382 g/mol. The lowest BCUT2D eigenvalue weighted by Gasteiger charge is -2.18. The van der Waals surface area contributed by atoms with Crippen LogP contribution in [0.4, 0.5) is 4.39 Å². The van der Waals surface area contributed by atoms with E-state index in [1.807, 2.05) is 0 Å². The minimum absolute atomic E-state index is 0.00601. The fraction of sp³-hybridized carbons (Fsp3) is 0.200. The van der Waals surface area contributed by atoms with Gasteiger partial charge in [0.05, 0.1) is 24.6 Å². The smallest absolute Gasteiger partial charge is 0.142 e. The molecule has 0 aromatic heterocycles. The van der Waals surface area contributed by atoms with Crippen LogP contribution in [-0.2, 0) is 0 Å². The van der Waals surface area contributed by atoms with Crippen LogP contribution in [-0.4, -0.2) is 14.2 Å². The average molecular weight is 394 g/mol. The van der Waals surface area contributed by atoms with Crippen molar-refractivity contribution >= 4 is 39.1 Å². The van der Waals surface area contributed by atoms with E-state index in [4.69, 9.17) is 32.7 Å². The van der Waals surface area contributed by atoms with Gasteiger partial charge in [-0.2, -0.15) is 0 Å². The van der Waals surface area contributed by atoms with Crippen molar-refractivity contribution in [1.29, 1.82) is 0 Å². The zero-order chi connectivity index (χ0) is 15.6. The molecule has 0 heterocycles. The summed E-state index contributed by atoms with van der Waals surface area (Å²) in [5, 5.41) is -0.642. The zero-order valence-electron chi connectivity index (χ0n) is 11.3. The number of alkyl halides is 1. The molecule has 112 valence electrons. The van der Waals surface area contributed by atoms with Gasteiger partial charge in [-0.05, 0) is 39.7 Å². The van der Waals surface area contributed by atoms with E-state index in [1.54, 1.807) is 31.4 Å². The van der Waals surface area contributed by atoms with E-state index in [0.717, 1.165) is 0 Å². The normalized spacial score (nSPS) is 12.1. The van der Waals surface area contributed by atoms with Crippen LogP contribution in [0.25, 0.3) is 0 Å². The standard InChI is InChI=1S/C15H12BrCl2FO2/c1-20-11-7-6-9(15(21-2)12(11)16)13(17)8-4-3-5-10(19)14(8)18/h3-7,13H,1-2H3. The first-order chi connectivity index (χ1) is 10.0. The predicted octanol–water partition coefficient (Wildman–Crippen LogP) is 5.59. The zero-order valence-corrected chi connectivity index (χ0v) is 14.4. The van der Waals surface area contributed by atoms with Crippen molar-refractivity contribution in [1.82, 2.24) is 0 Å². The summed E-state index contributed by atoms with van der Waals surface area (Å²) in [6, 6.07) is 8.06. The van der Waals surface area contributed by atoms with Crippen molar-refractivity contribution in [2.45, 2.75) is 5.38 Å². The highest BCUT2D eigenvalue weighted by Gasteiger charge is 2.23. The Labute approximate surface area is 140 Å². The quantitative estimate of drug-likeness (QED) is 0.630. The van der Waals surface area contributed by atoms with E-state index in [9.17, 15) is 4.39 Å². The summed E-state index contributed by atoms with van der Waals surface area (Å²) in [6.45, 7) is 0. The summed E-state index contributed by atoms with van der Waals surface area (Å²) < 4.78 is 24.8. The van der Waals surface area contributed by atoms with Crippen LogP contribution in [0.3, 0.4) is 0 Å². The van der Waals surface area contributed by atoms with Crippen molar-refractivity contribution in [3.8, 4) is 11.5 Å². The van der Waals surface area contributed by atoms with Crippen LogP contribution < -0.4 is 9.47 Å². The van der Waals surface area contributed by atoms with Gasteiger partial charge in [-0.1, -0.05) is 23.7 Å². The number of methoxy groups -OCH3 is 2. The molecule has 0 spiro atoms. The van der Waals surface area contributed by atoms with Crippen molar-refractivity contribution in [2.24, 2.45) is 0 Å². The highest BCUT2D eigenvalue weighted by molar-refractivity contribution is 9.10. The molecule has 1 unspecified atom stereocenters. The lowest BCUT2D eigenvalue weighted by Crippen LogP contribution is -2.01. The van der Waals surface area contributed by atoms with Crippen LogP contribution in [0, 0.1) is 5.82 Å². The maximum absolute atomic E-state index is 13.6. The molecule has 1 atom stereocenters. The third-order valence-corrected chi connectivity index (χ3v) is 4.66. The second-order valence-electron chi connectivity index (χ2n) is 4.21. The maximum atomic E-state index is 13.6. The van der Waals surface area contributed by atoms with E-state index in [0.29, 0.717) is 27.1 Å². The molecule has 21 heavy (non-hydrogen) atoms. The van der Waals surface area contributed by atoms with E-state index < -0.39 is 11.2 Å². The summed E-state index contributed by atoms with van der Waals surface area (Å²) in [5.74, 6) is 0.630. The van der Waals surface area contributed by atoms with Gasteiger partial charge in [-0.3, -0.25) is 0 Å². The monoisotopic (exact) mass is 392 g/mol. The average Bonchev–Trinajstić information content (AvgIpc) is 2.49. The third kappa shape index (κ3) is 3.12. The summed E-state index contributed by atoms with van der Waals surface area (Å²) >= 11 is 15.9. The van der Waals surface area contributed by atoms with E-state index in [-0.39, 0.29) is 5.02 Å². The molecular formula is C15H12BrCl2FO2. The van der Waals surface area contributed by atoms with Gasteiger partial charge in [0.1, 0.15) is 21.8 Å². The van der Waals surface area contributed by atoms with Crippen LogP contribution >= 0.6 is 39.1 Å². The highest BCUT2D eigenvalue weighted by Crippen LogP contribution is 2.44. The van der Waals surface area contributed by atoms with Gasteiger partial charge in [0.2, 0.25) is 0 Å². The number of hydrogen-bond donors (Lipinski definition) is 0. The molecule has 0 amide bonds. The lowest BCUT2D eigenvalue weighted by atomic mass is 10.0. The summed E-state index contributed by atoms with van der Waals surface area (Å²) in [7, 11) is 3.08. The molecule has 2 aromatic carbocycles. The molecule has 0 fully saturated rings.